The van der Waals surface area contributed by atoms with E-state index in [1.165, 1.54) is 5.56 Å². The average molecular weight is 310 g/mol. The number of hydrogen-bond acceptors (Lipinski definition) is 4. The normalized spacial score (nSPS) is 31.0. The van der Waals surface area contributed by atoms with E-state index >= 15 is 0 Å². The van der Waals surface area contributed by atoms with Gasteiger partial charge in [0, 0.05) is 36.6 Å². The third-order valence-electron chi connectivity index (χ3n) is 5.11. The van der Waals surface area contributed by atoms with E-state index in [-0.39, 0.29) is 12.1 Å². The Labute approximate surface area is 136 Å². The van der Waals surface area contributed by atoms with Crippen LogP contribution in [-0.4, -0.2) is 40.3 Å². The topological polar surface area (TPSA) is 45.6 Å². The second-order valence-corrected chi connectivity index (χ2v) is 6.68. The van der Waals surface area contributed by atoms with Gasteiger partial charge in [0.25, 0.3) is 0 Å². The highest BCUT2D eigenvalue weighted by Gasteiger charge is 2.46. The zero-order valence-corrected chi connectivity index (χ0v) is 13.1. The van der Waals surface area contributed by atoms with Gasteiger partial charge in [0.15, 0.2) is 0 Å². The van der Waals surface area contributed by atoms with Crippen molar-refractivity contribution in [2.45, 2.75) is 37.1 Å². The summed E-state index contributed by atoms with van der Waals surface area (Å²) in [6.07, 6.45) is 4.94. The highest BCUT2D eigenvalue weighted by atomic mass is 16.5. The Morgan fingerprint density at radius 3 is 2.48 bits per heavy atom. The molecule has 2 saturated heterocycles. The van der Waals surface area contributed by atoms with Crippen LogP contribution in [0.1, 0.15) is 24.0 Å². The molecular weight excluding hydrogens is 288 g/mol. The first-order valence-corrected chi connectivity index (χ1v) is 8.25. The van der Waals surface area contributed by atoms with Gasteiger partial charge in [-0.3, -0.25) is 9.88 Å². The summed E-state index contributed by atoms with van der Waals surface area (Å²) in [7, 11) is 0. The monoisotopic (exact) mass is 310 g/mol. The summed E-state index contributed by atoms with van der Waals surface area (Å²) in [6, 6.07) is 14.9. The molecule has 23 heavy (non-hydrogen) atoms. The Morgan fingerprint density at radius 2 is 1.83 bits per heavy atom. The zero-order valence-electron chi connectivity index (χ0n) is 13.1. The molecule has 2 fully saturated rings. The number of pyridine rings is 1. The van der Waals surface area contributed by atoms with E-state index in [1.807, 2.05) is 18.2 Å². The first kappa shape index (κ1) is 14.8. The first-order valence-electron chi connectivity index (χ1n) is 8.25. The summed E-state index contributed by atoms with van der Waals surface area (Å²) in [5, 5.41) is 11.2. The number of ether oxygens (including phenoxy) is 1. The van der Waals surface area contributed by atoms with Crippen LogP contribution in [0.4, 0.5) is 0 Å². The predicted octanol–water partition coefficient (Wildman–Crippen LogP) is 2.33. The fourth-order valence-corrected chi connectivity index (χ4v) is 3.97. The molecule has 1 N–H and O–H groups in total. The van der Waals surface area contributed by atoms with Gasteiger partial charge in [0.05, 0.1) is 18.8 Å². The highest BCUT2D eigenvalue weighted by molar-refractivity contribution is 5.22. The van der Waals surface area contributed by atoms with Crippen LogP contribution in [0.5, 0.6) is 0 Å². The van der Waals surface area contributed by atoms with Crippen LogP contribution in [0.25, 0.3) is 0 Å². The summed E-state index contributed by atoms with van der Waals surface area (Å²) in [5.74, 6) is 0. The molecule has 0 amide bonds. The van der Waals surface area contributed by atoms with Gasteiger partial charge in [-0.15, -0.1) is 0 Å². The summed E-state index contributed by atoms with van der Waals surface area (Å²) in [4.78, 5) is 6.68. The maximum atomic E-state index is 11.2. The standard InChI is InChI=1S/C19H22N2O2/c22-19(16-7-4-8-20-11-16)9-17-13-23-14-18(10-19)21(17)12-15-5-2-1-3-6-15/h1-8,11,17-18,22H,9-10,12-14H2. The quantitative estimate of drug-likeness (QED) is 0.945. The fourth-order valence-electron chi connectivity index (χ4n) is 3.97. The molecular formula is C19H22N2O2. The predicted molar refractivity (Wildman–Crippen MR) is 87.7 cm³/mol. The fraction of sp³-hybridized carbons (Fsp3) is 0.421. The minimum atomic E-state index is -0.791. The molecule has 2 unspecified atom stereocenters. The van der Waals surface area contributed by atoms with Gasteiger partial charge in [0.2, 0.25) is 0 Å². The number of piperidine rings is 1. The summed E-state index contributed by atoms with van der Waals surface area (Å²) in [6.45, 7) is 2.29. The Balaban J connectivity index is 1.57. The van der Waals surface area contributed by atoms with Gasteiger partial charge in [-0.05, 0) is 24.5 Å². The molecule has 0 aliphatic carbocycles. The van der Waals surface area contributed by atoms with Crippen LogP contribution in [-0.2, 0) is 16.9 Å². The van der Waals surface area contributed by atoms with Gasteiger partial charge >= 0.3 is 0 Å². The van der Waals surface area contributed by atoms with Gasteiger partial charge < -0.3 is 9.84 Å². The lowest BCUT2D eigenvalue weighted by Crippen LogP contribution is -2.60. The lowest BCUT2D eigenvalue weighted by Gasteiger charge is -2.51. The minimum absolute atomic E-state index is 0.243. The Hall–Kier alpha value is -1.75. The van der Waals surface area contributed by atoms with Crippen LogP contribution >= 0.6 is 0 Å². The number of benzene rings is 1. The molecule has 0 saturated carbocycles. The molecule has 2 atom stereocenters. The van der Waals surface area contributed by atoms with Crippen molar-refractivity contribution in [2.24, 2.45) is 0 Å². The lowest BCUT2D eigenvalue weighted by molar-refractivity contribution is -0.149. The number of aromatic nitrogens is 1. The average Bonchev–Trinajstić information content (AvgIpc) is 2.58. The number of rotatable bonds is 3. The second kappa shape index (κ2) is 6.04. The second-order valence-electron chi connectivity index (χ2n) is 6.68. The summed E-state index contributed by atoms with van der Waals surface area (Å²) in [5.41, 5.74) is 1.45. The highest BCUT2D eigenvalue weighted by Crippen LogP contribution is 2.41. The van der Waals surface area contributed by atoms with E-state index in [0.29, 0.717) is 26.1 Å². The van der Waals surface area contributed by atoms with E-state index in [2.05, 4.69) is 34.1 Å². The van der Waals surface area contributed by atoms with Crippen molar-refractivity contribution in [2.75, 3.05) is 13.2 Å². The van der Waals surface area contributed by atoms with Crippen LogP contribution in [0.15, 0.2) is 54.9 Å². The Bertz CT molecular complexity index is 633. The van der Waals surface area contributed by atoms with E-state index in [9.17, 15) is 5.11 Å². The largest absolute Gasteiger partial charge is 0.385 e. The maximum absolute atomic E-state index is 11.2. The van der Waals surface area contributed by atoms with Gasteiger partial charge in [0.1, 0.15) is 0 Å². The van der Waals surface area contributed by atoms with Crippen LogP contribution in [0, 0.1) is 0 Å². The van der Waals surface area contributed by atoms with Crippen molar-refractivity contribution in [3.05, 3.63) is 66.0 Å². The molecule has 4 nitrogen and oxygen atoms in total. The van der Waals surface area contributed by atoms with Crippen molar-refractivity contribution in [3.63, 3.8) is 0 Å². The van der Waals surface area contributed by atoms with Gasteiger partial charge in [-0.2, -0.15) is 0 Å². The van der Waals surface area contributed by atoms with Crippen LogP contribution in [0.2, 0.25) is 0 Å². The van der Waals surface area contributed by atoms with E-state index < -0.39 is 5.60 Å². The Kier molecular flexibility index (Phi) is 3.89. The molecule has 1 aromatic heterocycles. The number of hydrogen-bond donors (Lipinski definition) is 1. The SMILES string of the molecule is OC1(c2cccnc2)CC2COCC(C1)N2Cc1ccccc1. The maximum Gasteiger partial charge on any atom is 0.0942 e. The molecule has 0 radical (unpaired) electrons. The molecule has 2 aliphatic rings. The Morgan fingerprint density at radius 1 is 1.09 bits per heavy atom. The zero-order chi connectivity index (χ0) is 15.7. The van der Waals surface area contributed by atoms with Gasteiger partial charge in [-0.1, -0.05) is 36.4 Å². The van der Waals surface area contributed by atoms with Crippen LogP contribution in [0.3, 0.4) is 0 Å². The van der Waals surface area contributed by atoms with Crippen molar-refractivity contribution >= 4 is 0 Å². The molecule has 0 spiro atoms. The molecule has 2 aliphatic heterocycles. The van der Waals surface area contributed by atoms with E-state index in [1.54, 1.807) is 12.4 Å². The van der Waals surface area contributed by atoms with Gasteiger partial charge in [-0.25, -0.2) is 0 Å². The summed E-state index contributed by atoms with van der Waals surface area (Å²) < 4.78 is 5.77. The molecule has 3 heterocycles. The smallest absolute Gasteiger partial charge is 0.0942 e. The van der Waals surface area contributed by atoms with E-state index in [4.69, 9.17) is 4.74 Å². The number of morpholine rings is 1. The number of aliphatic hydroxyl groups is 1. The molecule has 2 aromatic rings. The summed E-state index contributed by atoms with van der Waals surface area (Å²) >= 11 is 0. The van der Waals surface area contributed by atoms with Crippen molar-refractivity contribution in [3.8, 4) is 0 Å². The van der Waals surface area contributed by atoms with Crippen molar-refractivity contribution in [1.82, 2.24) is 9.88 Å². The van der Waals surface area contributed by atoms with Crippen LogP contribution < -0.4 is 0 Å². The molecule has 2 bridgehead atoms. The lowest BCUT2D eigenvalue weighted by atomic mass is 9.77. The molecule has 4 heteroatoms. The minimum Gasteiger partial charge on any atom is -0.385 e. The third-order valence-corrected chi connectivity index (χ3v) is 5.11. The van der Waals surface area contributed by atoms with Crippen molar-refractivity contribution < 1.29 is 9.84 Å². The number of nitrogens with zero attached hydrogens (tertiary/aromatic N) is 2. The molecule has 1 aromatic carbocycles. The first-order chi connectivity index (χ1) is 11.2. The van der Waals surface area contributed by atoms with Crippen molar-refractivity contribution in [1.29, 1.82) is 0 Å². The van der Waals surface area contributed by atoms with E-state index in [0.717, 1.165) is 12.1 Å². The number of fused-ring (bicyclic) bond motifs is 2. The third kappa shape index (κ3) is 2.90. The molecule has 120 valence electrons. The molecule has 4 rings (SSSR count).